The number of methoxy groups -OCH3 is 1. The summed E-state index contributed by atoms with van der Waals surface area (Å²) in [6.45, 7) is 3.92. The summed E-state index contributed by atoms with van der Waals surface area (Å²) in [7, 11) is 1.31. The molecule has 1 N–H and O–H groups in total. The molecule has 0 aliphatic heterocycles. The highest BCUT2D eigenvalue weighted by molar-refractivity contribution is 7.99. The van der Waals surface area contributed by atoms with E-state index in [0.717, 1.165) is 18.6 Å². The molecular formula is C17H22N2O4S. The Morgan fingerprint density at radius 2 is 2.21 bits per heavy atom. The Hall–Kier alpha value is -1.86. The van der Waals surface area contributed by atoms with Crippen molar-refractivity contribution in [3.05, 3.63) is 34.1 Å². The Labute approximate surface area is 144 Å². The van der Waals surface area contributed by atoms with E-state index in [9.17, 15) is 14.7 Å². The first-order valence-corrected chi connectivity index (χ1v) is 8.90. The second-order valence-electron chi connectivity index (χ2n) is 5.58. The minimum absolute atomic E-state index is 0.189. The molecule has 1 heterocycles. The average Bonchev–Trinajstić information content (AvgIpc) is 2.56. The minimum atomic E-state index is -0.651. The lowest BCUT2D eigenvalue weighted by Crippen LogP contribution is -2.28. The van der Waals surface area contributed by atoms with Gasteiger partial charge in [0, 0.05) is 5.75 Å². The number of aliphatic hydroxyl groups excluding tert-OH is 1. The molecule has 0 fully saturated rings. The van der Waals surface area contributed by atoms with Crippen LogP contribution in [0.25, 0.3) is 10.9 Å². The number of esters is 1. The summed E-state index contributed by atoms with van der Waals surface area (Å²) >= 11 is 1.49. The number of rotatable bonds is 7. The molecule has 0 saturated carbocycles. The van der Waals surface area contributed by atoms with E-state index in [1.807, 2.05) is 0 Å². The molecule has 0 spiro atoms. The molecule has 24 heavy (non-hydrogen) atoms. The predicted octanol–water partition coefficient (Wildman–Crippen LogP) is 2.46. The van der Waals surface area contributed by atoms with Gasteiger partial charge in [0.15, 0.2) is 5.16 Å². The van der Waals surface area contributed by atoms with Crippen LogP contribution in [-0.2, 0) is 11.3 Å². The maximum Gasteiger partial charge on any atom is 0.337 e. The number of hydrogen-bond acceptors (Lipinski definition) is 6. The SMILES string of the molecule is CCCCSc1nc2cc(C(=O)OC)ccc2c(=O)n1C[C@H](C)O. The van der Waals surface area contributed by atoms with Crippen LogP contribution in [0.4, 0.5) is 0 Å². The topological polar surface area (TPSA) is 81.4 Å². The molecule has 0 aliphatic carbocycles. The van der Waals surface area contributed by atoms with Crippen LogP contribution < -0.4 is 5.56 Å². The van der Waals surface area contributed by atoms with Crippen molar-refractivity contribution in [2.24, 2.45) is 0 Å². The van der Waals surface area contributed by atoms with E-state index in [2.05, 4.69) is 11.9 Å². The number of thioether (sulfide) groups is 1. The molecule has 6 nitrogen and oxygen atoms in total. The molecular weight excluding hydrogens is 328 g/mol. The van der Waals surface area contributed by atoms with Gasteiger partial charge >= 0.3 is 5.97 Å². The van der Waals surface area contributed by atoms with Crippen LogP contribution in [0.15, 0.2) is 28.2 Å². The Bertz CT molecular complexity index is 786. The van der Waals surface area contributed by atoms with Crippen molar-refractivity contribution in [3.8, 4) is 0 Å². The molecule has 0 saturated heterocycles. The zero-order chi connectivity index (χ0) is 17.7. The number of hydrogen-bond donors (Lipinski definition) is 1. The summed E-state index contributed by atoms with van der Waals surface area (Å²) in [5.41, 5.74) is 0.606. The highest BCUT2D eigenvalue weighted by Gasteiger charge is 2.15. The summed E-state index contributed by atoms with van der Waals surface area (Å²) in [5, 5.41) is 10.7. The van der Waals surface area contributed by atoms with E-state index in [1.165, 1.54) is 23.4 Å². The van der Waals surface area contributed by atoms with Crippen molar-refractivity contribution < 1.29 is 14.6 Å². The maximum atomic E-state index is 12.8. The Morgan fingerprint density at radius 3 is 2.83 bits per heavy atom. The van der Waals surface area contributed by atoms with Gasteiger partial charge in [0.1, 0.15) is 0 Å². The van der Waals surface area contributed by atoms with E-state index >= 15 is 0 Å². The number of nitrogens with zero attached hydrogens (tertiary/aromatic N) is 2. The second-order valence-corrected chi connectivity index (χ2v) is 6.65. The lowest BCUT2D eigenvalue weighted by atomic mass is 10.1. The Kier molecular flexibility index (Phi) is 6.39. The summed E-state index contributed by atoms with van der Waals surface area (Å²) in [6.07, 6.45) is 1.41. The number of benzene rings is 1. The summed E-state index contributed by atoms with van der Waals surface area (Å²) in [5.74, 6) is 0.373. The van der Waals surface area contributed by atoms with Crippen LogP contribution in [0.2, 0.25) is 0 Å². The maximum absolute atomic E-state index is 12.8. The van der Waals surface area contributed by atoms with Gasteiger partial charge < -0.3 is 9.84 Å². The van der Waals surface area contributed by atoms with Crippen molar-refractivity contribution in [2.75, 3.05) is 12.9 Å². The first-order chi connectivity index (χ1) is 11.5. The van der Waals surface area contributed by atoms with Gasteiger partial charge in [-0.15, -0.1) is 0 Å². The normalized spacial score (nSPS) is 12.3. The zero-order valence-electron chi connectivity index (χ0n) is 14.1. The highest BCUT2D eigenvalue weighted by atomic mass is 32.2. The number of carbonyl (C=O) groups is 1. The van der Waals surface area contributed by atoms with Crippen LogP contribution in [0.5, 0.6) is 0 Å². The number of fused-ring (bicyclic) bond motifs is 1. The standard InChI is InChI=1S/C17H22N2O4S/c1-4-5-8-24-17-18-14-9-12(16(22)23-3)6-7-13(14)15(21)19(17)10-11(2)20/h6-7,9,11,20H,4-5,8,10H2,1-3H3/t11-/m0/s1. The largest absolute Gasteiger partial charge is 0.465 e. The lowest BCUT2D eigenvalue weighted by molar-refractivity contribution is 0.0601. The monoisotopic (exact) mass is 350 g/mol. The number of unbranched alkanes of at least 4 members (excludes halogenated alkanes) is 1. The first kappa shape index (κ1) is 18.5. The summed E-state index contributed by atoms with van der Waals surface area (Å²) in [4.78, 5) is 29.0. The van der Waals surface area contributed by atoms with Crippen molar-refractivity contribution in [1.82, 2.24) is 9.55 Å². The molecule has 0 aliphatic rings. The fourth-order valence-electron chi connectivity index (χ4n) is 2.29. The van der Waals surface area contributed by atoms with E-state index in [4.69, 9.17) is 4.74 Å². The molecule has 7 heteroatoms. The minimum Gasteiger partial charge on any atom is -0.465 e. The van der Waals surface area contributed by atoms with Gasteiger partial charge in [-0.25, -0.2) is 9.78 Å². The van der Waals surface area contributed by atoms with E-state index in [-0.39, 0.29) is 12.1 Å². The number of aliphatic hydroxyl groups is 1. The van der Waals surface area contributed by atoms with Crippen LogP contribution >= 0.6 is 11.8 Å². The van der Waals surface area contributed by atoms with Gasteiger partial charge in [0.2, 0.25) is 0 Å². The summed E-state index contributed by atoms with van der Waals surface area (Å²) in [6, 6.07) is 4.70. The predicted molar refractivity (Wildman–Crippen MR) is 94.7 cm³/mol. The van der Waals surface area contributed by atoms with Crippen molar-refractivity contribution in [1.29, 1.82) is 0 Å². The molecule has 2 aromatic rings. The molecule has 0 bridgehead atoms. The lowest BCUT2D eigenvalue weighted by Gasteiger charge is -2.14. The summed E-state index contributed by atoms with van der Waals surface area (Å²) < 4.78 is 6.22. The van der Waals surface area contributed by atoms with Crippen LogP contribution in [0.1, 0.15) is 37.0 Å². The van der Waals surface area contributed by atoms with Gasteiger partial charge in [0.05, 0.1) is 36.2 Å². The van der Waals surface area contributed by atoms with Crippen LogP contribution in [0.3, 0.4) is 0 Å². The van der Waals surface area contributed by atoms with Crippen molar-refractivity contribution in [3.63, 3.8) is 0 Å². The second kappa shape index (κ2) is 8.30. The number of carbonyl (C=O) groups excluding carboxylic acids is 1. The quantitative estimate of drug-likeness (QED) is 0.357. The van der Waals surface area contributed by atoms with Gasteiger partial charge in [-0.2, -0.15) is 0 Å². The Balaban J connectivity index is 2.56. The molecule has 2 rings (SSSR count). The average molecular weight is 350 g/mol. The van der Waals surface area contributed by atoms with Crippen LogP contribution in [-0.4, -0.2) is 39.6 Å². The third-order valence-corrected chi connectivity index (χ3v) is 4.58. The van der Waals surface area contributed by atoms with Crippen molar-refractivity contribution >= 4 is 28.6 Å². The third kappa shape index (κ3) is 4.15. The van der Waals surface area contributed by atoms with Gasteiger partial charge in [-0.3, -0.25) is 9.36 Å². The third-order valence-electron chi connectivity index (χ3n) is 3.52. The zero-order valence-corrected chi connectivity index (χ0v) is 14.9. The molecule has 1 aromatic carbocycles. The fraction of sp³-hybridized carbons (Fsp3) is 0.471. The van der Waals surface area contributed by atoms with Gasteiger partial charge in [0.25, 0.3) is 5.56 Å². The van der Waals surface area contributed by atoms with Crippen molar-refractivity contribution in [2.45, 2.75) is 44.5 Å². The molecule has 130 valence electrons. The fourth-order valence-corrected chi connectivity index (χ4v) is 3.38. The first-order valence-electron chi connectivity index (χ1n) is 7.91. The van der Waals surface area contributed by atoms with Crippen LogP contribution in [0, 0.1) is 0 Å². The molecule has 0 amide bonds. The number of ether oxygens (including phenoxy) is 1. The van der Waals surface area contributed by atoms with Gasteiger partial charge in [-0.1, -0.05) is 25.1 Å². The Morgan fingerprint density at radius 1 is 1.46 bits per heavy atom. The van der Waals surface area contributed by atoms with E-state index < -0.39 is 12.1 Å². The van der Waals surface area contributed by atoms with E-state index in [0.29, 0.717) is 21.6 Å². The smallest absolute Gasteiger partial charge is 0.337 e. The van der Waals surface area contributed by atoms with E-state index in [1.54, 1.807) is 25.1 Å². The molecule has 0 radical (unpaired) electrons. The van der Waals surface area contributed by atoms with Gasteiger partial charge in [-0.05, 0) is 31.5 Å². The highest BCUT2D eigenvalue weighted by Crippen LogP contribution is 2.20. The molecule has 1 atom stereocenters. The molecule has 1 aromatic heterocycles. The number of aromatic nitrogens is 2. The molecule has 0 unspecified atom stereocenters.